The van der Waals surface area contributed by atoms with Gasteiger partial charge in [0.05, 0.1) is 6.04 Å². The lowest BCUT2D eigenvalue weighted by Crippen LogP contribution is -2.41. The van der Waals surface area contributed by atoms with Crippen LogP contribution in [0.4, 0.5) is 4.39 Å². The Morgan fingerprint density at radius 1 is 1.33 bits per heavy atom. The average molecular weight is 327 g/mol. The maximum atomic E-state index is 13.8. The van der Waals surface area contributed by atoms with E-state index in [0.29, 0.717) is 18.4 Å². The molecule has 3 rings (SSSR count). The zero-order valence-corrected chi connectivity index (χ0v) is 13.9. The number of amides is 1. The van der Waals surface area contributed by atoms with Crippen LogP contribution in [0.25, 0.3) is 0 Å². The quantitative estimate of drug-likeness (QED) is 0.918. The second-order valence-corrected chi connectivity index (χ2v) is 6.41. The van der Waals surface area contributed by atoms with E-state index in [4.69, 9.17) is 0 Å². The van der Waals surface area contributed by atoms with E-state index in [1.54, 1.807) is 29.4 Å². The summed E-state index contributed by atoms with van der Waals surface area (Å²) >= 11 is 0. The topological polar surface area (TPSA) is 45.2 Å². The summed E-state index contributed by atoms with van der Waals surface area (Å²) in [7, 11) is 1.82. The van der Waals surface area contributed by atoms with Gasteiger partial charge in [-0.05, 0) is 36.6 Å². The highest BCUT2D eigenvalue weighted by molar-refractivity contribution is 5.80. The number of likely N-dealkylation sites (N-methyl/N-ethyl adjacent to an activating group) is 1. The van der Waals surface area contributed by atoms with Gasteiger partial charge in [0.25, 0.3) is 0 Å². The molecule has 0 aliphatic carbocycles. The minimum absolute atomic E-state index is 0.00604. The molecule has 1 aliphatic heterocycles. The number of aromatic nitrogens is 1. The molecule has 1 aromatic carbocycles. The molecule has 3 atom stereocenters. The van der Waals surface area contributed by atoms with Crippen molar-refractivity contribution in [2.45, 2.75) is 37.9 Å². The summed E-state index contributed by atoms with van der Waals surface area (Å²) in [6.07, 6.45) is 4.55. The van der Waals surface area contributed by atoms with Crippen molar-refractivity contribution < 1.29 is 9.18 Å². The predicted molar refractivity (Wildman–Crippen MR) is 90.9 cm³/mol. The molecule has 2 heterocycles. The number of nitrogens with one attached hydrogen (secondary N) is 1. The molecule has 0 radical (unpaired) electrons. The van der Waals surface area contributed by atoms with Gasteiger partial charge in [-0.2, -0.15) is 0 Å². The third-order valence-electron chi connectivity index (χ3n) is 4.59. The lowest BCUT2D eigenvalue weighted by atomic mass is 9.99. The van der Waals surface area contributed by atoms with E-state index in [-0.39, 0.29) is 29.8 Å². The van der Waals surface area contributed by atoms with Crippen molar-refractivity contribution in [2.75, 3.05) is 7.05 Å². The molecule has 1 N–H and O–H groups in total. The van der Waals surface area contributed by atoms with E-state index in [1.807, 2.05) is 32.2 Å². The van der Waals surface area contributed by atoms with Gasteiger partial charge >= 0.3 is 0 Å². The smallest absolute Gasteiger partial charge is 0.224 e. The molecule has 1 unspecified atom stereocenters. The van der Waals surface area contributed by atoms with E-state index >= 15 is 0 Å². The number of hydrogen-bond donors (Lipinski definition) is 1. The molecule has 1 aromatic heterocycles. The van der Waals surface area contributed by atoms with Crippen LogP contribution in [0.2, 0.25) is 0 Å². The number of benzene rings is 1. The molecular weight excluding hydrogens is 305 g/mol. The third kappa shape index (κ3) is 3.46. The zero-order chi connectivity index (χ0) is 17.1. The SMILES string of the molecule is CC(Cc1ccccc1F)N[C@@H]1CC(=O)N(C)[C@H]1c1cccnc1. The summed E-state index contributed by atoms with van der Waals surface area (Å²) in [6.45, 7) is 2.02. The average Bonchev–Trinajstić information content (AvgIpc) is 2.84. The van der Waals surface area contributed by atoms with Crippen molar-refractivity contribution in [3.63, 3.8) is 0 Å². The van der Waals surface area contributed by atoms with E-state index in [2.05, 4.69) is 10.3 Å². The largest absolute Gasteiger partial charge is 0.337 e. The molecule has 1 amide bonds. The first-order chi connectivity index (χ1) is 11.6. The highest BCUT2D eigenvalue weighted by Gasteiger charge is 2.39. The van der Waals surface area contributed by atoms with Crippen LogP contribution in [0.3, 0.4) is 0 Å². The first-order valence-corrected chi connectivity index (χ1v) is 8.21. The number of carbonyl (C=O) groups is 1. The Kier molecular flexibility index (Phi) is 4.90. The van der Waals surface area contributed by atoms with E-state index in [0.717, 1.165) is 5.56 Å². The molecule has 4 nitrogen and oxygen atoms in total. The second kappa shape index (κ2) is 7.09. The fourth-order valence-corrected chi connectivity index (χ4v) is 3.44. The van der Waals surface area contributed by atoms with Crippen molar-refractivity contribution in [3.8, 4) is 0 Å². The molecule has 2 aromatic rings. The van der Waals surface area contributed by atoms with Crippen LogP contribution in [-0.2, 0) is 11.2 Å². The minimum Gasteiger partial charge on any atom is -0.337 e. The number of hydrogen-bond acceptors (Lipinski definition) is 3. The second-order valence-electron chi connectivity index (χ2n) is 6.41. The fraction of sp³-hybridized carbons (Fsp3) is 0.368. The van der Waals surface area contributed by atoms with Gasteiger partial charge in [-0.15, -0.1) is 0 Å². The van der Waals surface area contributed by atoms with Crippen molar-refractivity contribution in [2.24, 2.45) is 0 Å². The fourth-order valence-electron chi connectivity index (χ4n) is 3.44. The van der Waals surface area contributed by atoms with Crippen LogP contribution in [0.1, 0.15) is 30.5 Å². The van der Waals surface area contributed by atoms with E-state index < -0.39 is 0 Å². The van der Waals surface area contributed by atoms with Crippen LogP contribution in [0.15, 0.2) is 48.8 Å². The van der Waals surface area contributed by atoms with Crippen LogP contribution < -0.4 is 5.32 Å². The Morgan fingerprint density at radius 2 is 2.12 bits per heavy atom. The molecule has 24 heavy (non-hydrogen) atoms. The molecule has 1 saturated heterocycles. The molecule has 126 valence electrons. The van der Waals surface area contributed by atoms with E-state index in [9.17, 15) is 9.18 Å². The van der Waals surface area contributed by atoms with Crippen LogP contribution in [0.5, 0.6) is 0 Å². The van der Waals surface area contributed by atoms with Crippen molar-refractivity contribution in [1.82, 2.24) is 15.2 Å². The zero-order valence-electron chi connectivity index (χ0n) is 13.9. The van der Waals surface area contributed by atoms with Crippen molar-refractivity contribution in [1.29, 1.82) is 0 Å². The molecule has 1 aliphatic rings. The minimum atomic E-state index is -0.186. The summed E-state index contributed by atoms with van der Waals surface area (Å²) in [4.78, 5) is 18.1. The normalized spacial score (nSPS) is 22.0. The van der Waals surface area contributed by atoms with Gasteiger partial charge in [0.15, 0.2) is 0 Å². The molecule has 1 fully saturated rings. The molecular formula is C19H22FN3O. The Balaban J connectivity index is 1.73. The lowest BCUT2D eigenvalue weighted by molar-refractivity contribution is -0.127. The van der Waals surface area contributed by atoms with Gasteiger partial charge < -0.3 is 10.2 Å². The predicted octanol–water partition coefficient (Wildman–Crippen LogP) is 2.71. The number of rotatable bonds is 5. The Morgan fingerprint density at radius 3 is 2.83 bits per heavy atom. The van der Waals surface area contributed by atoms with Crippen LogP contribution >= 0.6 is 0 Å². The molecule has 0 spiro atoms. The first kappa shape index (κ1) is 16.6. The van der Waals surface area contributed by atoms with Crippen molar-refractivity contribution >= 4 is 5.91 Å². The number of halogens is 1. The summed E-state index contributed by atoms with van der Waals surface area (Å²) in [5.41, 5.74) is 1.70. The summed E-state index contributed by atoms with van der Waals surface area (Å²) in [5, 5.41) is 3.51. The highest BCUT2D eigenvalue weighted by atomic mass is 19.1. The van der Waals surface area contributed by atoms with Gasteiger partial charge in [-0.25, -0.2) is 4.39 Å². The Bertz CT molecular complexity index is 707. The monoisotopic (exact) mass is 327 g/mol. The summed E-state index contributed by atoms with van der Waals surface area (Å²) in [6, 6.07) is 10.7. The summed E-state index contributed by atoms with van der Waals surface area (Å²) in [5.74, 6) is -0.0750. The van der Waals surface area contributed by atoms with Gasteiger partial charge in [0.2, 0.25) is 5.91 Å². The standard InChI is InChI=1S/C19H22FN3O/c1-13(10-14-6-3-4-8-16(14)20)22-17-11-18(24)23(2)19(17)15-7-5-9-21-12-15/h3-9,12-13,17,19,22H,10-11H2,1-2H3/t13?,17-,19+/m1/s1. The number of nitrogens with zero attached hydrogens (tertiary/aromatic N) is 2. The van der Waals surface area contributed by atoms with Gasteiger partial charge in [0.1, 0.15) is 5.82 Å². The maximum Gasteiger partial charge on any atom is 0.224 e. The molecule has 5 heteroatoms. The Hall–Kier alpha value is -2.27. The van der Waals surface area contributed by atoms with Crippen molar-refractivity contribution in [3.05, 3.63) is 65.7 Å². The van der Waals surface area contributed by atoms with Crippen LogP contribution in [-0.4, -0.2) is 34.9 Å². The van der Waals surface area contributed by atoms with Crippen LogP contribution in [0, 0.1) is 5.82 Å². The Labute approximate surface area is 141 Å². The number of carbonyl (C=O) groups excluding carboxylic acids is 1. The molecule has 0 saturated carbocycles. The lowest BCUT2D eigenvalue weighted by Gasteiger charge is -2.28. The van der Waals surface area contributed by atoms with Gasteiger partial charge in [0, 0.05) is 37.9 Å². The van der Waals surface area contributed by atoms with Gasteiger partial charge in [-0.1, -0.05) is 24.3 Å². The number of pyridine rings is 1. The maximum absolute atomic E-state index is 13.8. The number of likely N-dealkylation sites (tertiary alicyclic amines) is 1. The molecule has 0 bridgehead atoms. The first-order valence-electron chi connectivity index (χ1n) is 8.21. The van der Waals surface area contributed by atoms with Gasteiger partial charge in [-0.3, -0.25) is 9.78 Å². The summed E-state index contributed by atoms with van der Waals surface area (Å²) < 4.78 is 13.8. The van der Waals surface area contributed by atoms with E-state index in [1.165, 1.54) is 6.07 Å². The third-order valence-corrected chi connectivity index (χ3v) is 4.59. The highest BCUT2D eigenvalue weighted by Crippen LogP contribution is 2.31.